The Morgan fingerprint density at radius 2 is 1.52 bits per heavy atom. The lowest BCUT2D eigenvalue weighted by molar-refractivity contribution is -0.173. The Labute approximate surface area is 355 Å². The van der Waals surface area contributed by atoms with Gasteiger partial charge in [-0.1, -0.05) is 114 Å². The molecule has 0 spiro atoms. The second kappa shape index (κ2) is 17.7. The summed E-state index contributed by atoms with van der Waals surface area (Å²) in [4.78, 5) is 71.2. The third kappa shape index (κ3) is 8.72. The van der Waals surface area contributed by atoms with E-state index in [0.29, 0.717) is 5.57 Å². The van der Waals surface area contributed by atoms with E-state index in [2.05, 4.69) is 20.4 Å². The number of rotatable bonds is 13. The fraction of sp³-hybridized carbons (Fsp3) is 0.222. The highest BCUT2D eigenvalue weighted by Crippen LogP contribution is 2.43. The summed E-state index contributed by atoms with van der Waals surface area (Å²) in [5.74, 6) is -2.46. The first kappa shape index (κ1) is 41.6. The molecule has 0 saturated carbocycles. The molecular formula is C45H42N6O7S2. The first-order valence-corrected chi connectivity index (χ1v) is 20.9. The van der Waals surface area contributed by atoms with E-state index in [1.54, 1.807) is 44.5 Å². The summed E-state index contributed by atoms with van der Waals surface area (Å²) in [6, 6.07) is 31.3. The minimum atomic E-state index is -1.32. The van der Waals surface area contributed by atoms with E-state index in [0.717, 1.165) is 39.3 Å². The zero-order valence-electron chi connectivity index (χ0n) is 33.2. The Morgan fingerprint density at radius 3 is 2.05 bits per heavy atom. The average molecular weight is 843 g/mol. The number of nitrogens with zero attached hydrogens (tertiary/aromatic N) is 4. The number of thiazole rings is 1. The smallest absolute Gasteiger partial charge is 0.358 e. The Bertz CT molecular complexity index is 2370. The van der Waals surface area contributed by atoms with Gasteiger partial charge in [0.1, 0.15) is 22.8 Å². The summed E-state index contributed by atoms with van der Waals surface area (Å²) in [5, 5.41) is 8.47. The number of anilines is 1. The number of thioether (sulfide) groups is 1. The Kier molecular flexibility index (Phi) is 12.3. The number of nitrogens with two attached hydrogens (primary N) is 1. The fourth-order valence-corrected chi connectivity index (χ4v) is 8.42. The van der Waals surface area contributed by atoms with Crippen LogP contribution in [0.1, 0.15) is 54.4 Å². The van der Waals surface area contributed by atoms with Gasteiger partial charge in [-0.25, -0.2) is 9.78 Å². The molecule has 3 aromatic carbocycles. The zero-order chi connectivity index (χ0) is 42.4. The number of esters is 2. The van der Waals surface area contributed by atoms with Crippen LogP contribution in [0.25, 0.3) is 6.08 Å². The normalized spacial score (nSPS) is 16.8. The summed E-state index contributed by atoms with van der Waals surface area (Å²) in [6.45, 7) is 6.26. The van der Waals surface area contributed by atoms with E-state index >= 15 is 0 Å². The van der Waals surface area contributed by atoms with E-state index < -0.39 is 53.0 Å². The van der Waals surface area contributed by atoms with Crippen molar-refractivity contribution in [1.82, 2.24) is 20.2 Å². The standard InChI is InChI=1S/C45H42N6O7S2/c1-28-20-21-29(24-47-28)22-23-30-25-59-40-36(39(53)51(40)37(30)41(54)56-27-57-42(55)44(2,3)4)49-38(52)35(34-26-60-43(46)48-34)50-58-45(31-14-8-5-9-15-31,32-16-10-6-11-17-32)33-18-12-7-13-19-33/h5-24,26,36,40H,25,27H2,1-4H3,(H2,46,48)(H,49,52)/b23-22-,50-35+/t36-,40-/m1/s1. The number of oxime groups is 1. The van der Waals surface area contributed by atoms with E-state index in [1.807, 2.05) is 110 Å². The Morgan fingerprint density at radius 1 is 0.900 bits per heavy atom. The second-order valence-electron chi connectivity index (χ2n) is 14.9. The SMILES string of the molecule is Cc1ccc(/C=C\C2=C(C(=O)OCOC(=O)C(C)(C)C)N3C(=O)[C@@H](NC(=O)/C(=N/OC(c4ccccc4)(c4ccccc4)c4ccccc4)c4csc(N)n4)[C@H]3SC2)cn1. The van der Waals surface area contributed by atoms with Crippen LogP contribution in [0.3, 0.4) is 0 Å². The van der Waals surface area contributed by atoms with Crippen molar-refractivity contribution in [2.45, 2.75) is 44.7 Å². The van der Waals surface area contributed by atoms with Gasteiger partial charge in [-0.05, 0) is 44.9 Å². The Balaban J connectivity index is 1.20. The number of nitrogens with one attached hydrogen (secondary N) is 1. The van der Waals surface area contributed by atoms with Crippen molar-refractivity contribution in [3.8, 4) is 0 Å². The summed E-state index contributed by atoms with van der Waals surface area (Å²) in [5.41, 5.74) is 8.16. The highest BCUT2D eigenvalue weighted by atomic mass is 32.2. The Hall–Kier alpha value is -6.58. The van der Waals surface area contributed by atoms with Gasteiger partial charge in [0.2, 0.25) is 12.4 Å². The number of fused-ring (bicyclic) bond motifs is 1. The number of benzene rings is 3. The quantitative estimate of drug-likeness (QED) is 0.0326. The second-order valence-corrected chi connectivity index (χ2v) is 16.9. The summed E-state index contributed by atoms with van der Waals surface area (Å²) < 4.78 is 10.6. The van der Waals surface area contributed by atoms with Crippen LogP contribution in [-0.2, 0) is 39.1 Å². The zero-order valence-corrected chi connectivity index (χ0v) is 34.9. The van der Waals surface area contributed by atoms with Crippen molar-refractivity contribution in [1.29, 1.82) is 0 Å². The number of carbonyl (C=O) groups excluding carboxylic acids is 4. The molecule has 1 fully saturated rings. The molecule has 60 heavy (non-hydrogen) atoms. The molecule has 0 bridgehead atoms. The molecule has 4 heterocycles. The van der Waals surface area contributed by atoms with Crippen LogP contribution in [0.15, 0.2) is 137 Å². The first-order valence-electron chi connectivity index (χ1n) is 18.9. The van der Waals surface area contributed by atoms with Crippen LogP contribution in [0.2, 0.25) is 0 Å². The number of carbonyl (C=O) groups is 4. The summed E-state index contributed by atoms with van der Waals surface area (Å²) >= 11 is 2.47. The number of nitrogen functional groups attached to an aromatic ring is 1. The molecular weight excluding hydrogens is 801 g/mol. The summed E-state index contributed by atoms with van der Waals surface area (Å²) in [6.07, 6.45) is 5.19. The molecule has 2 atom stereocenters. The van der Waals surface area contributed by atoms with Crippen LogP contribution in [0, 0.1) is 12.3 Å². The molecule has 13 nitrogen and oxygen atoms in total. The van der Waals surface area contributed by atoms with Gasteiger partial charge in [-0.3, -0.25) is 24.3 Å². The van der Waals surface area contributed by atoms with Crippen molar-refractivity contribution >= 4 is 63.8 Å². The molecule has 0 radical (unpaired) electrons. The van der Waals surface area contributed by atoms with Crippen LogP contribution < -0.4 is 11.1 Å². The maximum atomic E-state index is 14.4. The molecule has 2 aromatic heterocycles. The molecule has 7 rings (SSSR count). The topological polar surface area (TPSA) is 175 Å². The van der Waals surface area contributed by atoms with Gasteiger partial charge in [0.05, 0.1) is 5.41 Å². The van der Waals surface area contributed by atoms with Crippen molar-refractivity contribution in [3.05, 3.63) is 166 Å². The lowest BCUT2D eigenvalue weighted by Gasteiger charge is -2.49. The lowest BCUT2D eigenvalue weighted by atomic mass is 9.80. The van der Waals surface area contributed by atoms with Gasteiger partial charge >= 0.3 is 11.9 Å². The number of hydrogen-bond acceptors (Lipinski definition) is 13. The number of allylic oxidation sites excluding steroid dienone is 1. The summed E-state index contributed by atoms with van der Waals surface area (Å²) in [7, 11) is 0. The molecule has 2 aliphatic heterocycles. The minimum Gasteiger partial charge on any atom is -0.427 e. The molecule has 3 N–H and O–H groups in total. The minimum absolute atomic E-state index is 0.0276. The first-order chi connectivity index (χ1) is 28.9. The molecule has 2 aliphatic rings. The largest absolute Gasteiger partial charge is 0.427 e. The molecule has 5 aromatic rings. The van der Waals surface area contributed by atoms with Gasteiger partial charge in [-0.2, -0.15) is 0 Å². The van der Waals surface area contributed by atoms with Crippen molar-refractivity contribution in [2.75, 3.05) is 18.3 Å². The number of ether oxygens (including phenoxy) is 2. The average Bonchev–Trinajstić information content (AvgIpc) is 3.69. The van der Waals surface area contributed by atoms with E-state index in [1.165, 1.54) is 16.7 Å². The number of β-lactam (4-membered cyclic amide) rings is 1. The fourth-order valence-electron chi connectivity index (χ4n) is 6.56. The number of aryl methyl sites for hydroxylation is 1. The van der Waals surface area contributed by atoms with E-state index in [-0.39, 0.29) is 28.0 Å². The maximum Gasteiger partial charge on any atom is 0.358 e. The molecule has 306 valence electrons. The molecule has 0 aliphatic carbocycles. The third-order valence-corrected chi connectivity index (χ3v) is 11.7. The third-order valence-electron chi connectivity index (χ3n) is 9.68. The van der Waals surface area contributed by atoms with E-state index in [9.17, 15) is 19.2 Å². The van der Waals surface area contributed by atoms with Crippen LogP contribution in [0.4, 0.5) is 5.13 Å². The van der Waals surface area contributed by atoms with Gasteiger partial charge in [-0.15, -0.1) is 23.1 Å². The predicted octanol–water partition coefficient (Wildman–Crippen LogP) is 6.60. The van der Waals surface area contributed by atoms with Crippen LogP contribution in [0.5, 0.6) is 0 Å². The molecule has 1 saturated heterocycles. The van der Waals surface area contributed by atoms with Crippen LogP contribution >= 0.6 is 23.1 Å². The monoisotopic (exact) mass is 842 g/mol. The number of aromatic nitrogens is 2. The number of pyridine rings is 1. The molecule has 2 amide bonds. The van der Waals surface area contributed by atoms with Crippen LogP contribution in [-0.4, -0.2) is 68.3 Å². The van der Waals surface area contributed by atoms with Gasteiger partial charge < -0.3 is 25.4 Å². The van der Waals surface area contributed by atoms with Gasteiger partial charge in [0, 0.05) is 39.7 Å². The number of amides is 2. The van der Waals surface area contributed by atoms with Gasteiger partial charge in [0.15, 0.2) is 10.8 Å². The maximum absolute atomic E-state index is 14.4. The van der Waals surface area contributed by atoms with Crippen molar-refractivity contribution in [3.63, 3.8) is 0 Å². The van der Waals surface area contributed by atoms with Crippen molar-refractivity contribution < 1.29 is 33.5 Å². The number of hydrogen-bond donors (Lipinski definition) is 2. The van der Waals surface area contributed by atoms with Crippen molar-refractivity contribution in [2.24, 2.45) is 10.6 Å². The highest BCUT2D eigenvalue weighted by Gasteiger charge is 2.54. The lowest BCUT2D eigenvalue weighted by Crippen LogP contribution is -2.71. The van der Waals surface area contributed by atoms with Gasteiger partial charge in [0.25, 0.3) is 11.8 Å². The highest BCUT2D eigenvalue weighted by molar-refractivity contribution is 8.00. The van der Waals surface area contributed by atoms with E-state index in [4.69, 9.17) is 20.0 Å². The molecule has 15 heteroatoms. The molecule has 0 unspecified atom stereocenters. The predicted molar refractivity (Wildman–Crippen MR) is 230 cm³/mol.